The molecule has 2 amide bonds. The van der Waals surface area contributed by atoms with Crippen LogP contribution in [-0.2, 0) is 14.4 Å². The molecule has 0 aliphatic rings. The smallest absolute Gasteiger partial charge is 0.224 e. The van der Waals surface area contributed by atoms with Gasteiger partial charge in [0.15, 0.2) is 0 Å². The molecule has 0 radical (unpaired) electrons. The Kier molecular flexibility index (Phi) is 5.05. The Hall–Kier alpha value is -2.17. The first-order chi connectivity index (χ1) is 8.47. The predicted molar refractivity (Wildman–Crippen MR) is 69.3 cm³/mol. The van der Waals surface area contributed by atoms with Gasteiger partial charge in [-0.1, -0.05) is 6.07 Å². The van der Waals surface area contributed by atoms with E-state index in [0.29, 0.717) is 11.4 Å². The van der Waals surface area contributed by atoms with Gasteiger partial charge in [0.2, 0.25) is 11.8 Å². The largest absolute Gasteiger partial charge is 0.326 e. The lowest BCUT2D eigenvalue weighted by atomic mass is 10.2. The van der Waals surface area contributed by atoms with Crippen molar-refractivity contribution >= 4 is 29.0 Å². The van der Waals surface area contributed by atoms with E-state index in [2.05, 4.69) is 10.6 Å². The lowest BCUT2D eigenvalue weighted by Gasteiger charge is -2.07. The van der Waals surface area contributed by atoms with Crippen molar-refractivity contribution in [3.8, 4) is 0 Å². The molecule has 1 rings (SSSR count). The molecular formula is C13H16N2O3. The zero-order valence-electron chi connectivity index (χ0n) is 10.4. The van der Waals surface area contributed by atoms with E-state index in [1.807, 2.05) is 0 Å². The summed E-state index contributed by atoms with van der Waals surface area (Å²) in [5.41, 5.74) is 1.21. The molecule has 0 bridgehead atoms. The standard InChI is InChI=1S/C13H16N2O3/c1-9(16)6-7-13(18)15-12-5-3-4-11(8-12)14-10(2)17/h3-5,8H,6-7H2,1-2H3,(H,14,17)(H,15,18). The van der Waals surface area contributed by atoms with E-state index >= 15 is 0 Å². The maximum Gasteiger partial charge on any atom is 0.224 e. The number of nitrogens with one attached hydrogen (secondary N) is 2. The minimum Gasteiger partial charge on any atom is -0.326 e. The molecule has 18 heavy (non-hydrogen) atoms. The highest BCUT2D eigenvalue weighted by atomic mass is 16.2. The third kappa shape index (κ3) is 5.25. The van der Waals surface area contributed by atoms with Crippen LogP contribution in [0.5, 0.6) is 0 Å². The van der Waals surface area contributed by atoms with Crippen LogP contribution in [-0.4, -0.2) is 17.6 Å². The summed E-state index contributed by atoms with van der Waals surface area (Å²) >= 11 is 0. The fourth-order valence-corrected chi connectivity index (χ4v) is 1.39. The fraction of sp³-hybridized carbons (Fsp3) is 0.308. The summed E-state index contributed by atoms with van der Waals surface area (Å²) < 4.78 is 0. The number of anilines is 2. The Morgan fingerprint density at radius 3 is 2.17 bits per heavy atom. The Morgan fingerprint density at radius 1 is 1.00 bits per heavy atom. The van der Waals surface area contributed by atoms with Gasteiger partial charge in [0, 0.05) is 31.1 Å². The Bertz CT molecular complexity index is 469. The van der Waals surface area contributed by atoms with Gasteiger partial charge in [-0.15, -0.1) is 0 Å². The molecule has 0 unspecified atom stereocenters. The van der Waals surface area contributed by atoms with E-state index < -0.39 is 0 Å². The monoisotopic (exact) mass is 248 g/mol. The van der Waals surface area contributed by atoms with Crippen LogP contribution in [0.15, 0.2) is 24.3 Å². The van der Waals surface area contributed by atoms with Crippen LogP contribution < -0.4 is 10.6 Å². The van der Waals surface area contributed by atoms with Gasteiger partial charge in [-0.3, -0.25) is 9.59 Å². The zero-order chi connectivity index (χ0) is 13.5. The van der Waals surface area contributed by atoms with Gasteiger partial charge in [0.05, 0.1) is 0 Å². The number of hydrogen-bond acceptors (Lipinski definition) is 3. The van der Waals surface area contributed by atoms with Crippen molar-refractivity contribution in [3.05, 3.63) is 24.3 Å². The number of Topliss-reactive ketones (excluding diaryl/α,β-unsaturated/α-hetero) is 1. The highest BCUT2D eigenvalue weighted by molar-refractivity contribution is 5.94. The number of amides is 2. The summed E-state index contributed by atoms with van der Waals surface area (Å²) in [6.45, 7) is 2.86. The number of rotatable bonds is 5. The molecule has 0 aliphatic carbocycles. The molecule has 0 heterocycles. The molecular weight excluding hydrogens is 232 g/mol. The average molecular weight is 248 g/mol. The lowest BCUT2D eigenvalue weighted by molar-refractivity contribution is -0.121. The van der Waals surface area contributed by atoms with Crippen LogP contribution in [0, 0.1) is 0 Å². The Morgan fingerprint density at radius 2 is 1.61 bits per heavy atom. The summed E-state index contributed by atoms with van der Waals surface area (Å²) in [6.07, 6.45) is 0.400. The number of carbonyl (C=O) groups excluding carboxylic acids is 3. The zero-order valence-corrected chi connectivity index (χ0v) is 10.4. The maximum atomic E-state index is 11.5. The van der Waals surface area contributed by atoms with E-state index in [0.717, 1.165) is 0 Å². The number of ketones is 1. The molecule has 1 aromatic rings. The Labute approximate surface area is 106 Å². The summed E-state index contributed by atoms with van der Waals surface area (Å²) in [5, 5.41) is 5.29. The second kappa shape index (κ2) is 6.54. The first kappa shape index (κ1) is 13.9. The normalized spacial score (nSPS) is 9.67. The molecule has 2 N–H and O–H groups in total. The molecule has 5 nitrogen and oxygen atoms in total. The third-order valence-corrected chi connectivity index (χ3v) is 2.17. The number of carbonyl (C=O) groups is 3. The van der Waals surface area contributed by atoms with Crippen molar-refractivity contribution in [3.63, 3.8) is 0 Å². The minimum absolute atomic E-state index is 0.0165. The number of hydrogen-bond donors (Lipinski definition) is 2. The van der Waals surface area contributed by atoms with Gasteiger partial charge < -0.3 is 15.4 Å². The predicted octanol–water partition coefficient (Wildman–Crippen LogP) is 1.95. The first-order valence-electron chi connectivity index (χ1n) is 5.64. The molecule has 0 aromatic heterocycles. The van der Waals surface area contributed by atoms with E-state index in [-0.39, 0.29) is 30.4 Å². The van der Waals surface area contributed by atoms with Crippen LogP contribution in [0.3, 0.4) is 0 Å². The summed E-state index contributed by atoms with van der Waals surface area (Å²) in [5.74, 6) is -0.405. The van der Waals surface area contributed by atoms with Gasteiger partial charge >= 0.3 is 0 Å². The first-order valence-corrected chi connectivity index (χ1v) is 5.64. The second-order valence-electron chi connectivity index (χ2n) is 4.01. The van der Waals surface area contributed by atoms with Crippen LogP contribution in [0.1, 0.15) is 26.7 Å². The maximum absolute atomic E-state index is 11.5. The topological polar surface area (TPSA) is 75.3 Å². The molecule has 0 saturated carbocycles. The van der Waals surface area contributed by atoms with Crippen molar-refractivity contribution in [2.75, 3.05) is 10.6 Å². The van der Waals surface area contributed by atoms with Gasteiger partial charge in [0.25, 0.3) is 0 Å². The lowest BCUT2D eigenvalue weighted by Crippen LogP contribution is -2.13. The van der Waals surface area contributed by atoms with Gasteiger partial charge in [0.1, 0.15) is 5.78 Å². The minimum atomic E-state index is -0.217. The summed E-state index contributed by atoms with van der Waals surface area (Å²) in [6, 6.07) is 6.84. The molecule has 1 aromatic carbocycles. The van der Waals surface area contributed by atoms with E-state index in [1.165, 1.54) is 13.8 Å². The quantitative estimate of drug-likeness (QED) is 0.836. The van der Waals surface area contributed by atoms with E-state index in [1.54, 1.807) is 24.3 Å². The highest BCUT2D eigenvalue weighted by Gasteiger charge is 2.05. The second-order valence-corrected chi connectivity index (χ2v) is 4.01. The number of benzene rings is 1. The van der Waals surface area contributed by atoms with Crippen molar-refractivity contribution in [1.29, 1.82) is 0 Å². The van der Waals surface area contributed by atoms with Crippen molar-refractivity contribution in [1.82, 2.24) is 0 Å². The van der Waals surface area contributed by atoms with Crippen LogP contribution in [0.4, 0.5) is 11.4 Å². The van der Waals surface area contributed by atoms with E-state index in [4.69, 9.17) is 0 Å². The fourth-order valence-electron chi connectivity index (χ4n) is 1.39. The Balaban J connectivity index is 2.58. The van der Waals surface area contributed by atoms with Crippen molar-refractivity contribution in [2.45, 2.75) is 26.7 Å². The molecule has 0 aliphatic heterocycles. The summed E-state index contributed by atoms with van der Waals surface area (Å²) in [4.78, 5) is 33.1. The SMILES string of the molecule is CC(=O)CCC(=O)Nc1cccc(NC(C)=O)c1. The molecule has 0 saturated heterocycles. The average Bonchev–Trinajstić information content (AvgIpc) is 2.26. The van der Waals surface area contributed by atoms with Gasteiger partial charge in [-0.2, -0.15) is 0 Å². The molecule has 0 atom stereocenters. The van der Waals surface area contributed by atoms with Crippen LogP contribution in [0.2, 0.25) is 0 Å². The van der Waals surface area contributed by atoms with Crippen molar-refractivity contribution < 1.29 is 14.4 Å². The van der Waals surface area contributed by atoms with Crippen molar-refractivity contribution in [2.24, 2.45) is 0 Å². The molecule has 0 fully saturated rings. The van der Waals surface area contributed by atoms with E-state index in [9.17, 15) is 14.4 Å². The van der Waals surface area contributed by atoms with Gasteiger partial charge in [-0.05, 0) is 25.1 Å². The molecule has 5 heteroatoms. The highest BCUT2D eigenvalue weighted by Crippen LogP contribution is 2.15. The molecule has 96 valence electrons. The molecule has 0 spiro atoms. The van der Waals surface area contributed by atoms with Crippen LogP contribution in [0.25, 0.3) is 0 Å². The van der Waals surface area contributed by atoms with Crippen LogP contribution >= 0.6 is 0 Å². The third-order valence-electron chi connectivity index (χ3n) is 2.17. The van der Waals surface area contributed by atoms with Gasteiger partial charge in [-0.25, -0.2) is 0 Å². The summed E-state index contributed by atoms with van der Waals surface area (Å²) in [7, 11) is 0.